The Morgan fingerprint density at radius 1 is 1.47 bits per heavy atom. The Hall–Kier alpha value is -1.60. The highest BCUT2D eigenvalue weighted by atomic mass is 79.9. The quantitative estimate of drug-likeness (QED) is 0.910. The van der Waals surface area contributed by atoms with Crippen LogP contribution in [-0.4, -0.2) is 12.5 Å². The number of carbonyl (C=O) groups is 1. The zero-order chi connectivity index (χ0) is 11.3. The Morgan fingerprint density at radius 2 is 2.07 bits per heavy atom. The minimum atomic E-state index is -0.180. The van der Waals surface area contributed by atoms with Crippen LogP contribution >= 0.6 is 15.9 Å². The van der Waals surface area contributed by atoms with Gasteiger partial charge in [0, 0.05) is 16.6 Å². The van der Waals surface area contributed by atoms with Crippen molar-refractivity contribution in [3.63, 3.8) is 0 Å². The zero-order valence-corrected chi connectivity index (χ0v) is 9.54. The summed E-state index contributed by atoms with van der Waals surface area (Å²) in [7, 11) is 0. The average Bonchev–Trinajstić information content (AvgIpc) is 2.26. The molecule has 0 atom stereocenters. The molecule has 0 unspecified atom stereocenters. The Balaban J connectivity index is 2.67. The van der Waals surface area contributed by atoms with E-state index < -0.39 is 0 Å². The molecular weight excluding hydrogens is 256 g/mol. The first-order chi connectivity index (χ1) is 7.13. The Labute approximate surface area is 96.5 Å². The lowest BCUT2D eigenvalue weighted by Crippen LogP contribution is -2.24. The van der Waals surface area contributed by atoms with Crippen molar-refractivity contribution in [2.45, 2.75) is 0 Å². The predicted octanol–water partition coefficient (Wildman–Crippen LogP) is 2.20. The summed E-state index contributed by atoms with van der Waals surface area (Å²) in [5.41, 5.74) is 1.07. The van der Waals surface area contributed by atoms with Crippen LogP contribution in [0.25, 0.3) is 0 Å². The monoisotopic (exact) mass is 264 g/mol. The Kier molecular flexibility index (Phi) is 4.07. The van der Waals surface area contributed by atoms with Crippen LogP contribution in [0.2, 0.25) is 0 Å². The Morgan fingerprint density at radius 3 is 2.53 bits per heavy atom. The number of hydrogen-bond donors (Lipinski definition) is 1. The van der Waals surface area contributed by atoms with Gasteiger partial charge in [0.25, 0.3) is 5.91 Å². The number of amides is 1. The summed E-state index contributed by atoms with van der Waals surface area (Å²) in [5.74, 6) is -0.180. The largest absolute Gasteiger partial charge is 0.347 e. The maximum atomic E-state index is 11.5. The first kappa shape index (κ1) is 11.5. The van der Waals surface area contributed by atoms with Crippen LogP contribution in [-0.2, 0) is 0 Å². The fraction of sp³-hybridized carbons (Fsp3) is 0.0909. The molecule has 1 amide bonds. The van der Waals surface area contributed by atoms with Gasteiger partial charge < -0.3 is 5.32 Å². The molecule has 1 aromatic carbocycles. The van der Waals surface area contributed by atoms with E-state index in [0.29, 0.717) is 22.2 Å². The molecule has 0 fully saturated rings. The molecule has 1 aromatic rings. The SMILES string of the molecule is C=C(Br)CNC(=O)c1ccc(C#N)cc1. The van der Waals surface area contributed by atoms with E-state index in [0.717, 1.165) is 0 Å². The summed E-state index contributed by atoms with van der Waals surface area (Å²) >= 11 is 3.15. The number of benzene rings is 1. The molecular formula is C11H9BrN2O. The van der Waals surface area contributed by atoms with Crippen LogP contribution in [0.5, 0.6) is 0 Å². The summed E-state index contributed by atoms with van der Waals surface area (Å²) in [5, 5.41) is 11.2. The molecule has 1 N–H and O–H groups in total. The van der Waals surface area contributed by atoms with Gasteiger partial charge >= 0.3 is 0 Å². The third-order valence-electron chi connectivity index (χ3n) is 1.72. The first-order valence-corrected chi connectivity index (χ1v) is 5.04. The van der Waals surface area contributed by atoms with E-state index in [-0.39, 0.29) is 5.91 Å². The Bertz CT molecular complexity index is 417. The minimum Gasteiger partial charge on any atom is -0.347 e. The average molecular weight is 265 g/mol. The van der Waals surface area contributed by atoms with Gasteiger partial charge in [-0.05, 0) is 24.3 Å². The normalized spacial score (nSPS) is 9.07. The molecule has 0 aliphatic heterocycles. The van der Waals surface area contributed by atoms with Crippen molar-refractivity contribution in [2.75, 3.05) is 6.54 Å². The van der Waals surface area contributed by atoms with Gasteiger partial charge in [0.1, 0.15) is 0 Å². The molecule has 0 aliphatic rings. The molecule has 3 nitrogen and oxygen atoms in total. The van der Waals surface area contributed by atoms with Gasteiger partial charge in [-0.3, -0.25) is 4.79 Å². The van der Waals surface area contributed by atoms with Gasteiger partial charge in [-0.25, -0.2) is 0 Å². The highest BCUT2D eigenvalue weighted by Crippen LogP contribution is 2.04. The van der Waals surface area contributed by atoms with Gasteiger partial charge in [-0.2, -0.15) is 5.26 Å². The third kappa shape index (κ3) is 3.56. The maximum Gasteiger partial charge on any atom is 0.251 e. The molecule has 0 bridgehead atoms. The molecule has 0 spiro atoms. The van der Waals surface area contributed by atoms with E-state index in [1.54, 1.807) is 24.3 Å². The molecule has 0 radical (unpaired) electrons. The second kappa shape index (κ2) is 5.32. The van der Waals surface area contributed by atoms with Gasteiger partial charge in [0.15, 0.2) is 0 Å². The number of nitrogens with one attached hydrogen (secondary N) is 1. The zero-order valence-electron chi connectivity index (χ0n) is 7.96. The summed E-state index contributed by atoms with van der Waals surface area (Å²) < 4.78 is 0.712. The topological polar surface area (TPSA) is 52.9 Å². The molecule has 0 saturated carbocycles. The van der Waals surface area contributed by atoms with Crippen molar-refractivity contribution in [2.24, 2.45) is 0 Å². The van der Waals surface area contributed by atoms with E-state index in [4.69, 9.17) is 5.26 Å². The van der Waals surface area contributed by atoms with Crippen molar-refractivity contribution in [1.82, 2.24) is 5.32 Å². The number of carbonyl (C=O) groups excluding carboxylic acids is 1. The second-order valence-corrected chi connectivity index (χ2v) is 4.01. The molecule has 15 heavy (non-hydrogen) atoms. The van der Waals surface area contributed by atoms with E-state index in [1.165, 1.54) is 0 Å². The summed E-state index contributed by atoms with van der Waals surface area (Å²) in [6.45, 7) is 3.99. The van der Waals surface area contributed by atoms with Gasteiger partial charge in [-0.15, -0.1) is 0 Å². The van der Waals surface area contributed by atoms with Crippen molar-refractivity contribution < 1.29 is 4.79 Å². The number of rotatable bonds is 3. The van der Waals surface area contributed by atoms with Gasteiger partial charge in [-0.1, -0.05) is 22.5 Å². The maximum absolute atomic E-state index is 11.5. The van der Waals surface area contributed by atoms with Crippen LogP contribution in [0, 0.1) is 11.3 Å². The summed E-state index contributed by atoms with van der Waals surface area (Å²) in [4.78, 5) is 11.5. The highest BCUT2D eigenvalue weighted by Gasteiger charge is 2.04. The van der Waals surface area contributed by atoms with Gasteiger partial charge in [0.05, 0.1) is 11.6 Å². The lowest BCUT2D eigenvalue weighted by molar-refractivity contribution is 0.0958. The van der Waals surface area contributed by atoms with Crippen molar-refractivity contribution in [3.8, 4) is 6.07 Å². The fourth-order valence-corrected chi connectivity index (χ4v) is 1.11. The minimum absolute atomic E-state index is 0.180. The van der Waals surface area contributed by atoms with Crippen molar-refractivity contribution in [3.05, 3.63) is 46.5 Å². The lowest BCUT2D eigenvalue weighted by Gasteiger charge is -2.03. The van der Waals surface area contributed by atoms with Crippen molar-refractivity contribution in [1.29, 1.82) is 5.26 Å². The first-order valence-electron chi connectivity index (χ1n) is 4.25. The van der Waals surface area contributed by atoms with Crippen LogP contribution < -0.4 is 5.32 Å². The van der Waals surface area contributed by atoms with Crippen LogP contribution in [0.1, 0.15) is 15.9 Å². The molecule has 4 heteroatoms. The molecule has 0 saturated heterocycles. The van der Waals surface area contributed by atoms with Crippen LogP contribution in [0.3, 0.4) is 0 Å². The van der Waals surface area contributed by atoms with Crippen molar-refractivity contribution >= 4 is 21.8 Å². The number of nitrogens with zero attached hydrogens (tertiary/aromatic N) is 1. The number of halogens is 1. The number of hydrogen-bond acceptors (Lipinski definition) is 2. The molecule has 0 aliphatic carbocycles. The third-order valence-corrected chi connectivity index (χ3v) is 2.00. The fourth-order valence-electron chi connectivity index (χ4n) is 0.974. The van der Waals surface area contributed by atoms with E-state index in [2.05, 4.69) is 27.8 Å². The second-order valence-electron chi connectivity index (χ2n) is 2.89. The van der Waals surface area contributed by atoms with Crippen LogP contribution in [0.15, 0.2) is 35.3 Å². The molecule has 76 valence electrons. The van der Waals surface area contributed by atoms with E-state index in [1.807, 2.05) is 6.07 Å². The van der Waals surface area contributed by atoms with E-state index in [9.17, 15) is 4.79 Å². The smallest absolute Gasteiger partial charge is 0.251 e. The lowest BCUT2D eigenvalue weighted by atomic mass is 10.1. The predicted molar refractivity (Wildman–Crippen MR) is 61.6 cm³/mol. The highest BCUT2D eigenvalue weighted by molar-refractivity contribution is 9.11. The number of nitriles is 1. The standard InChI is InChI=1S/C11H9BrN2O/c1-8(12)7-14-11(15)10-4-2-9(6-13)3-5-10/h2-5H,1,7H2,(H,14,15). The summed E-state index contributed by atoms with van der Waals surface area (Å²) in [6.07, 6.45) is 0. The summed E-state index contributed by atoms with van der Waals surface area (Å²) in [6, 6.07) is 8.44. The van der Waals surface area contributed by atoms with E-state index >= 15 is 0 Å². The van der Waals surface area contributed by atoms with Crippen LogP contribution in [0.4, 0.5) is 0 Å². The molecule has 0 heterocycles. The van der Waals surface area contributed by atoms with Gasteiger partial charge in [0.2, 0.25) is 0 Å². The molecule has 0 aromatic heterocycles. The molecule has 1 rings (SSSR count).